The van der Waals surface area contributed by atoms with Gasteiger partial charge in [0, 0.05) is 34.9 Å². The van der Waals surface area contributed by atoms with Gasteiger partial charge < -0.3 is 0 Å². The number of rotatable bonds is 4. The second-order valence-corrected chi connectivity index (χ2v) is 12.5. The molecule has 48 heavy (non-hydrogen) atoms. The van der Waals surface area contributed by atoms with Crippen LogP contribution in [-0.4, -0.2) is 15.0 Å². The third kappa shape index (κ3) is 4.25. The smallest absolute Gasteiger partial charge is 0.0708 e. The lowest BCUT2D eigenvalue weighted by molar-refractivity contribution is 1.33. The molecule has 0 spiro atoms. The van der Waals surface area contributed by atoms with Crippen molar-refractivity contribution in [2.75, 3.05) is 0 Å². The zero-order valence-corrected chi connectivity index (χ0v) is 25.9. The minimum absolute atomic E-state index is 0.989. The average molecular weight is 610 g/mol. The molecule has 0 saturated heterocycles. The molecule has 7 aromatic carbocycles. The summed E-state index contributed by atoms with van der Waals surface area (Å²) in [5.41, 5.74) is 11.1. The maximum atomic E-state index is 4.70. The van der Waals surface area contributed by atoms with Gasteiger partial charge in [-0.3, -0.25) is 15.0 Å². The normalized spacial score (nSPS) is 11.8. The molecule has 0 aliphatic rings. The van der Waals surface area contributed by atoms with E-state index in [-0.39, 0.29) is 0 Å². The average Bonchev–Trinajstić information content (AvgIpc) is 3.16. The van der Waals surface area contributed by atoms with E-state index in [0.29, 0.717) is 0 Å². The quantitative estimate of drug-likeness (QED) is 0.186. The van der Waals surface area contributed by atoms with Crippen molar-refractivity contribution in [1.29, 1.82) is 0 Å². The first-order valence-corrected chi connectivity index (χ1v) is 16.2. The maximum Gasteiger partial charge on any atom is 0.0708 e. The van der Waals surface area contributed by atoms with Gasteiger partial charge in [-0.1, -0.05) is 91.0 Å². The third-order valence-corrected chi connectivity index (χ3v) is 9.73. The highest BCUT2D eigenvalue weighted by atomic mass is 14.7. The Morgan fingerprint density at radius 3 is 1.44 bits per heavy atom. The molecule has 10 rings (SSSR count). The summed E-state index contributed by atoms with van der Waals surface area (Å²) < 4.78 is 0. The number of nitrogens with zero attached hydrogens (tertiary/aromatic N) is 3. The third-order valence-electron chi connectivity index (χ3n) is 9.73. The Hall–Kier alpha value is -6.45. The van der Waals surface area contributed by atoms with Crippen LogP contribution in [0.5, 0.6) is 0 Å². The molecule has 0 radical (unpaired) electrons. The zero-order chi connectivity index (χ0) is 31.6. The standard InChI is InChI=1S/C45H27N3/c1-2-20-46-41(7-1)38-17-13-31-14-18-39-37(16-12-30-15-19-40(38)45(31)44(30)39)36-24-34(32-10-8-28-5-3-21-47-42(28)26-32)23-35(25-36)33-11-9-29-6-4-22-48-43(29)27-33/h1-27H. The van der Waals surface area contributed by atoms with Gasteiger partial charge in [0.15, 0.2) is 0 Å². The number of benzene rings is 7. The summed E-state index contributed by atoms with van der Waals surface area (Å²) in [6.07, 6.45) is 5.59. The summed E-state index contributed by atoms with van der Waals surface area (Å²) >= 11 is 0. The van der Waals surface area contributed by atoms with E-state index in [1.807, 2.05) is 36.8 Å². The van der Waals surface area contributed by atoms with Gasteiger partial charge >= 0.3 is 0 Å². The first-order chi connectivity index (χ1) is 23.8. The van der Waals surface area contributed by atoms with Crippen molar-refractivity contribution < 1.29 is 0 Å². The van der Waals surface area contributed by atoms with Crippen molar-refractivity contribution in [1.82, 2.24) is 15.0 Å². The molecule has 3 heteroatoms. The molecule has 3 aromatic heterocycles. The zero-order valence-electron chi connectivity index (χ0n) is 25.9. The summed E-state index contributed by atoms with van der Waals surface area (Å²) in [5.74, 6) is 0. The van der Waals surface area contributed by atoms with Crippen molar-refractivity contribution in [2.24, 2.45) is 0 Å². The number of fused-ring (bicyclic) bond motifs is 2. The summed E-state index contributed by atoms with van der Waals surface area (Å²) in [7, 11) is 0. The molecule has 0 saturated carbocycles. The van der Waals surface area contributed by atoms with Crippen LogP contribution in [0.15, 0.2) is 164 Å². The Kier molecular flexibility index (Phi) is 5.87. The van der Waals surface area contributed by atoms with E-state index in [2.05, 4.69) is 137 Å². The van der Waals surface area contributed by atoms with Crippen molar-refractivity contribution in [3.05, 3.63) is 164 Å². The van der Waals surface area contributed by atoms with Crippen molar-refractivity contribution >= 4 is 54.1 Å². The minimum Gasteiger partial charge on any atom is -0.256 e. The molecule has 222 valence electrons. The van der Waals surface area contributed by atoms with Crippen LogP contribution in [0.4, 0.5) is 0 Å². The van der Waals surface area contributed by atoms with E-state index < -0.39 is 0 Å². The molecular formula is C45H27N3. The summed E-state index contributed by atoms with van der Waals surface area (Å²) in [5, 5.41) is 9.79. The van der Waals surface area contributed by atoms with Crippen LogP contribution in [0, 0.1) is 0 Å². The fraction of sp³-hybridized carbons (Fsp3) is 0. The van der Waals surface area contributed by atoms with E-state index in [4.69, 9.17) is 4.98 Å². The highest BCUT2D eigenvalue weighted by molar-refractivity contribution is 6.27. The van der Waals surface area contributed by atoms with E-state index >= 15 is 0 Å². The predicted octanol–water partition coefficient (Wildman–Crippen LogP) is 11.7. The van der Waals surface area contributed by atoms with E-state index in [9.17, 15) is 0 Å². The molecule has 10 aromatic rings. The molecule has 0 aliphatic carbocycles. The van der Waals surface area contributed by atoms with E-state index in [1.54, 1.807) is 0 Å². The van der Waals surface area contributed by atoms with Gasteiger partial charge in [0.1, 0.15) is 0 Å². The van der Waals surface area contributed by atoms with Gasteiger partial charge in [0.25, 0.3) is 0 Å². The predicted molar refractivity (Wildman–Crippen MR) is 200 cm³/mol. The van der Waals surface area contributed by atoms with Crippen LogP contribution >= 0.6 is 0 Å². The summed E-state index contributed by atoms with van der Waals surface area (Å²) in [6.45, 7) is 0. The van der Waals surface area contributed by atoms with Gasteiger partial charge in [-0.2, -0.15) is 0 Å². The summed E-state index contributed by atoms with van der Waals surface area (Å²) in [6, 6.07) is 52.5. The van der Waals surface area contributed by atoms with Crippen molar-refractivity contribution in [3.63, 3.8) is 0 Å². The van der Waals surface area contributed by atoms with Crippen molar-refractivity contribution in [3.8, 4) is 44.6 Å². The van der Waals surface area contributed by atoms with Gasteiger partial charge in [-0.25, -0.2) is 0 Å². The molecule has 0 N–H and O–H groups in total. The molecule has 3 heterocycles. The van der Waals surface area contributed by atoms with E-state index in [1.165, 1.54) is 43.4 Å². The minimum atomic E-state index is 0.989. The fourth-order valence-electron chi connectivity index (χ4n) is 7.41. The lowest BCUT2D eigenvalue weighted by atomic mass is 9.86. The molecular weight excluding hydrogens is 583 g/mol. The molecule has 0 unspecified atom stereocenters. The SMILES string of the molecule is c1ccc(-c2ccc3ccc4c(-c5cc(-c6ccc7cccnc7c6)cc(-c6ccc7cccnc7c6)c5)ccc5ccc2c3c54)nc1. The largest absolute Gasteiger partial charge is 0.256 e. The molecule has 0 fully saturated rings. The highest BCUT2D eigenvalue weighted by Crippen LogP contribution is 2.43. The summed E-state index contributed by atoms with van der Waals surface area (Å²) in [4.78, 5) is 14.0. The Labute approximate surface area is 277 Å². The number of aromatic nitrogens is 3. The van der Waals surface area contributed by atoms with Crippen LogP contribution < -0.4 is 0 Å². The van der Waals surface area contributed by atoms with Crippen LogP contribution in [0.1, 0.15) is 0 Å². The van der Waals surface area contributed by atoms with Gasteiger partial charge in [-0.05, 0) is 120 Å². The number of pyridine rings is 3. The van der Waals surface area contributed by atoms with Gasteiger partial charge in [0.2, 0.25) is 0 Å². The highest BCUT2D eigenvalue weighted by Gasteiger charge is 2.17. The first-order valence-electron chi connectivity index (χ1n) is 16.2. The molecule has 3 nitrogen and oxygen atoms in total. The lowest BCUT2D eigenvalue weighted by Gasteiger charge is -2.17. The van der Waals surface area contributed by atoms with Crippen LogP contribution in [0.25, 0.3) is 98.8 Å². The van der Waals surface area contributed by atoms with Crippen LogP contribution in [0.2, 0.25) is 0 Å². The number of hydrogen-bond donors (Lipinski definition) is 0. The second-order valence-electron chi connectivity index (χ2n) is 12.5. The van der Waals surface area contributed by atoms with Crippen LogP contribution in [0.3, 0.4) is 0 Å². The molecule has 0 aliphatic heterocycles. The van der Waals surface area contributed by atoms with Crippen LogP contribution in [-0.2, 0) is 0 Å². The second kappa shape index (κ2) is 10.5. The topological polar surface area (TPSA) is 38.7 Å². The van der Waals surface area contributed by atoms with Gasteiger partial charge in [0.05, 0.1) is 16.7 Å². The van der Waals surface area contributed by atoms with Gasteiger partial charge in [-0.15, -0.1) is 0 Å². The Morgan fingerprint density at radius 1 is 0.312 bits per heavy atom. The monoisotopic (exact) mass is 609 g/mol. The first kappa shape index (κ1) is 26.7. The molecule has 0 amide bonds. The van der Waals surface area contributed by atoms with E-state index in [0.717, 1.165) is 55.3 Å². The Bertz CT molecular complexity index is 2740. The fourth-order valence-corrected chi connectivity index (χ4v) is 7.41. The van der Waals surface area contributed by atoms with Crippen molar-refractivity contribution in [2.45, 2.75) is 0 Å². The molecule has 0 atom stereocenters. The molecule has 0 bridgehead atoms. The number of hydrogen-bond acceptors (Lipinski definition) is 3. The maximum absolute atomic E-state index is 4.70. The lowest BCUT2D eigenvalue weighted by Crippen LogP contribution is -1.91. The Balaban J connectivity index is 1.23. The Morgan fingerprint density at radius 2 is 0.833 bits per heavy atom.